The zero-order valence-electron chi connectivity index (χ0n) is 9.67. The van der Waals surface area contributed by atoms with Crippen molar-refractivity contribution < 1.29 is 9.53 Å². The van der Waals surface area contributed by atoms with Gasteiger partial charge >= 0.3 is 0 Å². The van der Waals surface area contributed by atoms with E-state index in [4.69, 9.17) is 16.2 Å². The molecule has 0 aliphatic heterocycles. The van der Waals surface area contributed by atoms with Gasteiger partial charge in [-0.3, -0.25) is 4.79 Å². The molecule has 0 atom stereocenters. The van der Waals surface area contributed by atoms with Crippen LogP contribution in [0, 0.1) is 0 Å². The highest BCUT2D eigenvalue weighted by Crippen LogP contribution is 2.13. The van der Waals surface area contributed by atoms with Crippen LogP contribution < -0.4 is 16.8 Å². The molecule has 2 rings (SSSR count). The second-order valence-electron chi connectivity index (χ2n) is 3.62. The molecule has 0 spiro atoms. The smallest absolute Gasteiger partial charge is 0.243 e. The Morgan fingerprint density at radius 1 is 1.56 bits per heavy atom. The molecule has 8 heteroatoms. The number of primary amides is 1. The van der Waals surface area contributed by atoms with Crippen LogP contribution in [0.4, 0.5) is 11.6 Å². The van der Waals surface area contributed by atoms with Gasteiger partial charge in [-0.2, -0.15) is 0 Å². The monoisotopic (exact) mass is 250 g/mol. The molecule has 0 aliphatic rings. The molecule has 0 aromatic carbocycles. The number of carbonyl (C=O) groups is 1. The number of carbonyl (C=O) groups excluding carboxylic acids is 1. The molecule has 0 radical (unpaired) electrons. The zero-order valence-corrected chi connectivity index (χ0v) is 9.67. The molecule has 0 saturated carbocycles. The molecule has 2 aromatic rings. The molecule has 5 N–H and O–H groups in total. The van der Waals surface area contributed by atoms with Crippen LogP contribution in [-0.2, 0) is 9.53 Å². The number of aromatic nitrogens is 3. The fourth-order valence-corrected chi connectivity index (χ4v) is 1.48. The van der Waals surface area contributed by atoms with E-state index >= 15 is 0 Å². The zero-order chi connectivity index (χ0) is 13.0. The van der Waals surface area contributed by atoms with Crippen LogP contribution in [0.1, 0.15) is 0 Å². The number of ether oxygens (including phenoxy) is 1. The van der Waals surface area contributed by atoms with Crippen molar-refractivity contribution in [3.05, 3.63) is 18.6 Å². The molecule has 0 bridgehead atoms. The van der Waals surface area contributed by atoms with Gasteiger partial charge in [-0.25, -0.2) is 9.97 Å². The van der Waals surface area contributed by atoms with Gasteiger partial charge in [0.25, 0.3) is 0 Å². The number of nitrogens with two attached hydrogens (primary N) is 2. The number of fused-ring (bicyclic) bond motifs is 1. The molecule has 18 heavy (non-hydrogen) atoms. The van der Waals surface area contributed by atoms with Crippen molar-refractivity contribution in [1.29, 1.82) is 0 Å². The summed E-state index contributed by atoms with van der Waals surface area (Å²) >= 11 is 0. The molecule has 8 nitrogen and oxygen atoms in total. The van der Waals surface area contributed by atoms with E-state index < -0.39 is 5.91 Å². The maximum atomic E-state index is 10.5. The predicted molar refractivity (Wildman–Crippen MR) is 65.9 cm³/mol. The highest BCUT2D eigenvalue weighted by molar-refractivity contribution is 5.75. The highest BCUT2D eigenvalue weighted by atomic mass is 16.5. The Kier molecular flexibility index (Phi) is 3.58. The molecule has 0 fully saturated rings. The van der Waals surface area contributed by atoms with Crippen molar-refractivity contribution in [3.8, 4) is 0 Å². The minimum Gasteiger partial charge on any atom is -0.382 e. The van der Waals surface area contributed by atoms with Crippen LogP contribution in [0.15, 0.2) is 18.6 Å². The molecular formula is C10H14N6O2. The Morgan fingerprint density at radius 2 is 2.39 bits per heavy atom. The first-order valence-electron chi connectivity index (χ1n) is 5.36. The molecule has 96 valence electrons. The van der Waals surface area contributed by atoms with Crippen LogP contribution in [0.5, 0.6) is 0 Å². The highest BCUT2D eigenvalue weighted by Gasteiger charge is 2.05. The van der Waals surface area contributed by atoms with Crippen molar-refractivity contribution in [3.63, 3.8) is 0 Å². The van der Waals surface area contributed by atoms with E-state index in [0.29, 0.717) is 30.4 Å². The molecule has 0 aliphatic carbocycles. The third-order valence-electron chi connectivity index (χ3n) is 2.18. The molecule has 2 aromatic heterocycles. The lowest BCUT2D eigenvalue weighted by atomic mass is 10.5. The van der Waals surface area contributed by atoms with E-state index in [2.05, 4.69) is 15.3 Å². The van der Waals surface area contributed by atoms with E-state index in [9.17, 15) is 4.79 Å². The number of hydrogen-bond acceptors (Lipinski definition) is 6. The first-order valence-corrected chi connectivity index (χ1v) is 5.36. The van der Waals surface area contributed by atoms with Gasteiger partial charge in [0.2, 0.25) is 5.91 Å². The summed E-state index contributed by atoms with van der Waals surface area (Å²) in [4.78, 5) is 18.7. The van der Waals surface area contributed by atoms with Gasteiger partial charge in [-0.05, 0) is 0 Å². The topological polar surface area (TPSA) is 121 Å². The van der Waals surface area contributed by atoms with E-state index in [1.54, 1.807) is 23.0 Å². The van der Waals surface area contributed by atoms with Crippen LogP contribution in [0.25, 0.3) is 5.65 Å². The molecule has 2 heterocycles. The van der Waals surface area contributed by atoms with Crippen molar-refractivity contribution in [2.45, 2.75) is 0 Å². The van der Waals surface area contributed by atoms with E-state index in [-0.39, 0.29) is 6.61 Å². The summed E-state index contributed by atoms with van der Waals surface area (Å²) in [5.41, 5.74) is 11.3. The maximum absolute atomic E-state index is 10.5. The van der Waals surface area contributed by atoms with E-state index in [1.807, 2.05) is 0 Å². The Labute approximate surface area is 103 Å². The Morgan fingerprint density at radius 3 is 3.17 bits per heavy atom. The Bertz CT molecular complexity index is 552. The number of imidazole rings is 1. The fraction of sp³-hybridized carbons (Fsp3) is 0.300. The average Bonchev–Trinajstić information content (AvgIpc) is 2.75. The first-order chi connectivity index (χ1) is 8.66. The van der Waals surface area contributed by atoms with E-state index in [0.717, 1.165) is 0 Å². The lowest BCUT2D eigenvalue weighted by molar-refractivity contribution is -0.122. The van der Waals surface area contributed by atoms with Crippen molar-refractivity contribution >= 4 is 23.2 Å². The number of nitrogen functional groups attached to an aromatic ring is 1. The van der Waals surface area contributed by atoms with Gasteiger partial charge in [0.05, 0.1) is 12.8 Å². The third-order valence-corrected chi connectivity index (χ3v) is 2.18. The van der Waals surface area contributed by atoms with Crippen LogP contribution >= 0.6 is 0 Å². The fourth-order valence-electron chi connectivity index (χ4n) is 1.48. The van der Waals surface area contributed by atoms with Crippen molar-refractivity contribution in [2.75, 3.05) is 30.8 Å². The minimum atomic E-state index is -0.493. The number of nitrogens with zero attached hydrogens (tertiary/aromatic N) is 3. The van der Waals surface area contributed by atoms with Gasteiger partial charge in [0.15, 0.2) is 11.5 Å². The Balaban J connectivity index is 1.94. The summed E-state index contributed by atoms with van der Waals surface area (Å²) in [7, 11) is 0. The normalized spacial score (nSPS) is 10.7. The van der Waals surface area contributed by atoms with Crippen LogP contribution in [0.3, 0.4) is 0 Å². The lowest BCUT2D eigenvalue weighted by Crippen LogP contribution is -2.21. The number of anilines is 2. The van der Waals surface area contributed by atoms with Gasteiger partial charge in [0, 0.05) is 18.9 Å². The molecule has 0 saturated heterocycles. The molecule has 0 unspecified atom stereocenters. The molecular weight excluding hydrogens is 236 g/mol. The number of hydrogen-bond donors (Lipinski definition) is 3. The second-order valence-corrected chi connectivity index (χ2v) is 3.62. The van der Waals surface area contributed by atoms with Crippen molar-refractivity contribution in [2.24, 2.45) is 5.73 Å². The standard InChI is InChI=1S/C10H14N6O2/c11-7-5-16-3-1-14-10(16)9(15-7)13-2-4-18-6-8(12)17/h1,3,5H,2,4,6,11H2,(H2,12,17)(H,13,15). The number of rotatable bonds is 6. The summed E-state index contributed by atoms with van der Waals surface area (Å²) in [5, 5.41) is 3.04. The average molecular weight is 250 g/mol. The third kappa shape index (κ3) is 2.86. The van der Waals surface area contributed by atoms with Gasteiger partial charge in [-0.15, -0.1) is 0 Å². The van der Waals surface area contributed by atoms with Gasteiger partial charge < -0.3 is 25.9 Å². The van der Waals surface area contributed by atoms with Crippen LogP contribution in [0.2, 0.25) is 0 Å². The summed E-state index contributed by atoms with van der Waals surface area (Å²) in [5.74, 6) is 0.469. The largest absolute Gasteiger partial charge is 0.382 e. The number of nitrogens with one attached hydrogen (secondary N) is 1. The van der Waals surface area contributed by atoms with Gasteiger partial charge in [0.1, 0.15) is 12.4 Å². The number of amides is 1. The summed E-state index contributed by atoms with van der Waals surface area (Å²) < 4.78 is 6.79. The minimum absolute atomic E-state index is 0.0924. The lowest BCUT2D eigenvalue weighted by Gasteiger charge is -2.07. The summed E-state index contributed by atoms with van der Waals surface area (Å²) in [6.07, 6.45) is 5.12. The Hall–Kier alpha value is -2.35. The quantitative estimate of drug-likeness (QED) is 0.579. The van der Waals surface area contributed by atoms with E-state index in [1.165, 1.54) is 0 Å². The van der Waals surface area contributed by atoms with Crippen molar-refractivity contribution in [1.82, 2.24) is 14.4 Å². The second kappa shape index (κ2) is 5.32. The predicted octanol–water partition coefficient (Wildman–Crippen LogP) is -0.775. The first kappa shape index (κ1) is 12.1. The maximum Gasteiger partial charge on any atom is 0.243 e. The summed E-state index contributed by atoms with van der Waals surface area (Å²) in [6, 6.07) is 0. The SMILES string of the molecule is NC(=O)COCCNc1nc(N)cn2ccnc12. The van der Waals surface area contributed by atoms with Crippen LogP contribution in [-0.4, -0.2) is 40.0 Å². The summed E-state index contributed by atoms with van der Waals surface area (Å²) in [6.45, 7) is 0.726. The molecule has 1 amide bonds. The van der Waals surface area contributed by atoms with Gasteiger partial charge in [-0.1, -0.05) is 0 Å².